The van der Waals surface area contributed by atoms with E-state index in [2.05, 4.69) is 69.2 Å². The summed E-state index contributed by atoms with van der Waals surface area (Å²) in [7, 11) is 0. The van der Waals surface area contributed by atoms with E-state index in [9.17, 15) is 0 Å². The molecule has 0 spiro atoms. The molecule has 1 aliphatic carbocycles. The Kier molecular flexibility index (Phi) is 4.67. The second-order valence-electron chi connectivity index (χ2n) is 5.33. The van der Waals surface area contributed by atoms with E-state index < -0.39 is 0 Å². The van der Waals surface area contributed by atoms with Crippen molar-refractivity contribution in [2.75, 3.05) is 13.1 Å². The van der Waals surface area contributed by atoms with Crippen LogP contribution in [-0.4, -0.2) is 13.1 Å². The van der Waals surface area contributed by atoms with Gasteiger partial charge in [0.15, 0.2) is 0 Å². The van der Waals surface area contributed by atoms with Crippen LogP contribution in [0, 0.1) is 11.8 Å². The third kappa shape index (κ3) is 3.80. The van der Waals surface area contributed by atoms with Crippen molar-refractivity contribution >= 4 is 31.9 Å². The summed E-state index contributed by atoms with van der Waals surface area (Å²) in [6, 6.07) is 6.62. The van der Waals surface area contributed by atoms with Crippen LogP contribution in [0.15, 0.2) is 27.1 Å². The Morgan fingerprint density at radius 2 is 2.06 bits per heavy atom. The van der Waals surface area contributed by atoms with Crippen molar-refractivity contribution < 1.29 is 0 Å². The van der Waals surface area contributed by atoms with Gasteiger partial charge in [-0.1, -0.05) is 19.9 Å². The molecule has 1 fully saturated rings. The summed E-state index contributed by atoms with van der Waals surface area (Å²) in [6.07, 6.45) is 1.33. The van der Waals surface area contributed by atoms with Crippen LogP contribution >= 0.6 is 31.9 Å². The van der Waals surface area contributed by atoms with E-state index in [1.165, 1.54) is 12.0 Å². The van der Waals surface area contributed by atoms with Crippen LogP contribution in [0.5, 0.6) is 0 Å². The maximum Gasteiger partial charge on any atom is 0.0320 e. The Bertz CT molecular complexity index is 390. The minimum atomic E-state index is 0.744. The molecule has 2 atom stereocenters. The van der Waals surface area contributed by atoms with Gasteiger partial charge in [0.05, 0.1) is 0 Å². The summed E-state index contributed by atoms with van der Waals surface area (Å²) >= 11 is 7.08. The number of hydrogen-bond acceptors (Lipinski definition) is 1. The monoisotopic (exact) mass is 359 g/mol. The summed E-state index contributed by atoms with van der Waals surface area (Å²) in [5.74, 6) is 2.34. The fraction of sp³-hybridized carbons (Fsp3) is 0.571. The van der Waals surface area contributed by atoms with Crippen LogP contribution in [0.25, 0.3) is 0 Å². The van der Waals surface area contributed by atoms with E-state index >= 15 is 0 Å². The molecule has 0 aromatic heterocycles. The number of hydrogen-bond donors (Lipinski definition) is 1. The fourth-order valence-electron chi connectivity index (χ4n) is 2.18. The first kappa shape index (κ1) is 13.6. The summed E-state index contributed by atoms with van der Waals surface area (Å²) in [4.78, 5) is 0. The molecule has 0 bridgehead atoms. The molecule has 1 saturated carbocycles. The van der Waals surface area contributed by atoms with Gasteiger partial charge in [0, 0.05) is 8.95 Å². The van der Waals surface area contributed by atoms with E-state index in [0.717, 1.165) is 39.8 Å². The summed E-state index contributed by atoms with van der Waals surface area (Å²) < 4.78 is 2.30. The van der Waals surface area contributed by atoms with Gasteiger partial charge in [-0.15, -0.1) is 0 Å². The highest BCUT2D eigenvalue weighted by atomic mass is 79.9. The van der Waals surface area contributed by atoms with Crippen molar-refractivity contribution in [3.8, 4) is 0 Å². The summed E-state index contributed by atoms with van der Waals surface area (Å²) in [6.45, 7) is 6.80. The zero-order valence-electron chi connectivity index (χ0n) is 10.3. The molecule has 2 rings (SSSR count). The van der Waals surface area contributed by atoms with Gasteiger partial charge in [0.2, 0.25) is 0 Å². The van der Waals surface area contributed by atoms with Crippen LogP contribution in [0.1, 0.15) is 31.7 Å². The molecule has 94 valence electrons. The second-order valence-corrected chi connectivity index (χ2v) is 7.04. The van der Waals surface area contributed by atoms with E-state index in [4.69, 9.17) is 0 Å². The highest BCUT2D eigenvalue weighted by molar-refractivity contribution is 9.13. The van der Waals surface area contributed by atoms with Crippen molar-refractivity contribution in [2.45, 2.75) is 26.2 Å². The Morgan fingerprint density at radius 1 is 1.29 bits per heavy atom. The Morgan fingerprint density at radius 3 is 2.71 bits per heavy atom. The number of halogens is 2. The largest absolute Gasteiger partial charge is 0.316 e. The molecule has 0 saturated heterocycles. The number of rotatable bonds is 5. The minimum Gasteiger partial charge on any atom is -0.316 e. The average Bonchev–Trinajstić information content (AvgIpc) is 3.01. The Balaban J connectivity index is 1.83. The molecule has 1 aromatic carbocycles. The topological polar surface area (TPSA) is 12.0 Å². The molecule has 3 heteroatoms. The molecular formula is C14H19Br2N. The number of nitrogens with one attached hydrogen (secondary N) is 1. The normalized spacial score (nSPS) is 23.1. The van der Waals surface area contributed by atoms with Crippen molar-refractivity contribution in [1.29, 1.82) is 0 Å². The molecular weight excluding hydrogens is 342 g/mol. The molecule has 1 aliphatic rings. The third-order valence-corrected chi connectivity index (χ3v) is 5.13. The Hall–Kier alpha value is 0.140. The maximum atomic E-state index is 3.57. The number of benzene rings is 1. The molecule has 1 nitrogen and oxygen atoms in total. The quantitative estimate of drug-likeness (QED) is 0.811. The van der Waals surface area contributed by atoms with Crippen LogP contribution < -0.4 is 5.32 Å². The lowest BCUT2D eigenvalue weighted by molar-refractivity contribution is 0.532. The van der Waals surface area contributed by atoms with Gasteiger partial charge in [-0.3, -0.25) is 0 Å². The third-order valence-electron chi connectivity index (χ3n) is 3.25. The van der Waals surface area contributed by atoms with Crippen LogP contribution in [0.2, 0.25) is 0 Å². The van der Waals surface area contributed by atoms with Crippen LogP contribution in [0.4, 0.5) is 0 Å². The van der Waals surface area contributed by atoms with Crippen molar-refractivity contribution in [3.63, 3.8) is 0 Å². The molecule has 0 aliphatic heterocycles. The van der Waals surface area contributed by atoms with E-state index in [0.29, 0.717) is 0 Å². The van der Waals surface area contributed by atoms with Crippen molar-refractivity contribution in [1.82, 2.24) is 5.32 Å². The zero-order valence-corrected chi connectivity index (χ0v) is 13.5. The average molecular weight is 361 g/mol. The van der Waals surface area contributed by atoms with Crippen molar-refractivity contribution in [2.24, 2.45) is 11.8 Å². The predicted octanol–water partition coefficient (Wildman–Crippen LogP) is 4.56. The van der Waals surface area contributed by atoms with Crippen molar-refractivity contribution in [3.05, 3.63) is 32.7 Å². The first-order chi connectivity index (χ1) is 8.08. The zero-order chi connectivity index (χ0) is 12.4. The van der Waals surface area contributed by atoms with Gasteiger partial charge in [-0.2, -0.15) is 0 Å². The molecule has 0 heterocycles. The SMILES string of the molecule is CC(C)CNCC1CC1c1ccc(Br)c(Br)c1. The smallest absolute Gasteiger partial charge is 0.0320 e. The van der Waals surface area contributed by atoms with Gasteiger partial charge in [0.1, 0.15) is 0 Å². The summed E-state index contributed by atoms with van der Waals surface area (Å²) in [5.41, 5.74) is 1.47. The molecule has 1 aromatic rings. The molecule has 2 unspecified atom stereocenters. The Labute approximate surface area is 121 Å². The highest BCUT2D eigenvalue weighted by Gasteiger charge is 2.37. The maximum absolute atomic E-state index is 3.57. The van der Waals surface area contributed by atoms with Gasteiger partial charge in [-0.25, -0.2) is 0 Å². The second kappa shape index (κ2) is 5.85. The van der Waals surface area contributed by atoms with Gasteiger partial charge in [-0.05, 0) is 86.8 Å². The van der Waals surface area contributed by atoms with Gasteiger partial charge in [0.25, 0.3) is 0 Å². The molecule has 0 radical (unpaired) electrons. The summed E-state index contributed by atoms with van der Waals surface area (Å²) in [5, 5.41) is 3.55. The van der Waals surface area contributed by atoms with Crippen LogP contribution in [-0.2, 0) is 0 Å². The van der Waals surface area contributed by atoms with E-state index in [1.54, 1.807) is 0 Å². The first-order valence-electron chi connectivity index (χ1n) is 6.23. The van der Waals surface area contributed by atoms with E-state index in [1.807, 2.05) is 0 Å². The lowest BCUT2D eigenvalue weighted by Crippen LogP contribution is -2.22. The first-order valence-corrected chi connectivity index (χ1v) is 7.82. The van der Waals surface area contributed by atoms with E-state index in [-0.39, 0.29) is 0 Å². The fourth-order valence-corrected chi connectivity index (χ4v) is 2.82. The highest BCUT2D eigenvalue weighted by Crippen LogP contribution is 2.47. The predicted molar refractivity (Wildman–Crippen MR) is 80.4 cm³/mol. The minimum absolute atomic E-state index is 0.744. The lowest BCUT2D eigenvalue weighted by Gasteiger charge is -2.07. The lowest BCUT2D eigenvalue weighted by atomic mass is 10.1. The molecule has 1 N–H and O–H groups in total. The molecule has 0 amide bonds. The van der Waals surface area contributed by atoms with Gasteiger partial charge >= 0.3 is 0 Å². The standard InChI is InChI=1S/C14H19Br2N/c1-9(2)7-17-8-11-5-12(11)10-3-4-13(15)14(16)6-10/h3-4,6,9,11-12,17H,5,7-8H2,1-2H3. The molecule has 17 heavy (non-hydrogen) atoms. The van der Waals surface area contributed by atoms with Gasteiger partial charge < -0.3 is 5.32 Å². The van der Waals surface area contributed by atoms with Crippen LogP contribution in [0.3, 0.4) is 0 Å².